The van der Waals surface area contributed by atoms with Crippen molar-refractivity contribution in [1.82, 2.24) is 15.5 Å². The molecule has 1 atom stereocenters. The number of anilines is 1. The zero-order valence-corrected chi connectivity index (χ0v) is 15.8. The average Bonchev–Trinajstić information content (AvgIpc) is 3.10. The van der Waals surface area contributed by atoms with Crippen LogP contribution >= 0.6 is 0 Å². The SMILES string of the molecule is N=C(c1ccc(C#C[C@@H]2NC(=O)NC2=O)cc1)N1CCN(c2ccccc2)CC1. The number of carbonyl (C=O) groups excluding carboxylic acids is 2. The molecule has 2 aromatic rings. The predicted molar refractivity (Wildman–Crippen MR) is 111 cm³/mol. The lowest BCUT2D eigenvalue weighted by Crippen LogP contribution is -2.48. The summed E-state index contributed by atoms with van der Waals surface area (Å²) in [6, 6.07) is 16.4. The van der Waals surface area contributed by atoms with Gasteiger partial charge in [-0.25, -0.2) is 4.79 Å². The number of piperazine rings is 1. The van der Waals surface area contributed by atoms with Gasteiger partial charge in [-0.1, -0.05) is 42.2 Å². The summed E-state index contributed by atoms with van der Waals surface area (Å²) in [4.78, 5) is 27.0. The number of rotatable bonds is 2. The monoisotopic (exact) mass is 387 g/mol. The van der Waals surface area contributed by atoms with Crippen molar-refractivity contribution in [3.8, 4) is 11.8 Å². The number of nitrogens with zero attached hydrogens (tertiary/aromatic N) is 2. The molecule has 3 N–H and O–H groups in total. The Balaban J connectivity index is 1.35. The molecule has 0 bridgehead atoms. The van der Waals surface area contributed by atoms with Crippen molar-refractivity contribution in [1.29, 1.82) is 5.41 Å². The molecule has 2 heterocycles. The molecule has 2 fully saturated rings. The minimum Gasteiger partial charge on any atom is -0.368 e. The van der Waals surface area contributed by atoms with Gasteiger partial charge in [-0.15, -0.1) is 0 Å². The molecule has 4 rings (SSSR count). The molecule has 7 heteroatoms. The summed E-state index contributed by atoms with van der Waals surface area (Å²) >= 11 is 0. The first-order chi connectivity index (χ1) is 14.1. The number of nitrogens with one attached hydrogen (secondary N) is 3. The molecule has 0 aliphatic carbocycles. The second kappa shape index (κ2) is 8.07. The summed E-state index contributed by atoms with van der Waals surface area (Å²) in [6.07, 6.45) is 0. The molecular formula is C22H21N5O2. The van der Waals surface area contributed by atoms with E-state index in [-0.39, 0.29) is 0 Å². The van der Waals surface area contributed by atoms with E-state index >= 15 is 0 Å². The minimum absolute atomic E-state index is 0.435. The van der Waals surface area contributed by atoms with Gasteiger partial charge < -0.3 is 15.1 Å². The Morgan fingerprint density at radius 3 is 2.28 bits per heavy atom. The maximum absolute atomic E-state index is 11.5. The van der Waals surface area contributed by atoms with Crippen molar-refractivity contribution in [2.24, 2.45) is 0 Å². The van der Waals surface area contributed by atoms with E-state index in [9.17, 15) is 9.59 Å². The first-order valence-electron chi connectivity index (χ1n) is 9.47. The quantitative estimate of drug-likeness (QED) is 0.315. The highest BCUT2D eigenvalue weighted by Crippen LogP contribution is 2.17. The van der Waals surface area contributed by atoms with Crippen LogP contribution in [0.3, 0.4) is 0 Å². The minimum atomic E-state index is -0.818. The van der Waals surface area contributed by atoms with Crippen LogP contribution in [-0.4, -0.2) is 54.9 Å². The molecule has 0 spiro atoms. The second-order valence-electron chi connectivity index (χ2n) is 6.90. The van der Waals surface area contributed by atoms with Crippen LogP contribution in [0.4, 0.5) is 10.5 Å². The van der Waals surface area contributed by atoms with Crippen molar-refractivity contribution < 1.29 is 9.59 Å². The molecule has 0 radical (unpaired) electrons. The van der Waals surface area contributed by atoms with Crippen molar-refractivity contribution in [2.75, 3.05) is 31.1 Å². The lowest BCUT2D eigenvalue weighted by molar-refractivity contribution is -0.119. The van der Waals surface area contributed by atoms with Gasteiger partial charge in [0.15, 0.2) is 6.04 Å². The third-order valence-corrected chi connectivity index (χ3v) is 5.01. The van der Waals surface area contributed by atoms with Gasteiger partial charge in [0.05, 0.1) is 0 Å². The van der Waals surface area contributed by atoms with Gasteiger partial charge in [0, 0.05) is 43.0 Å². The lowest BCUT2D eigenvalue weighted by atomic mass is 10.1. The molecule has 2 aromatic carbocycles. The first-order valence-corrected chi connectivity index (χ1v) is 9.47. The lowest BCUT2D eigenvalue weighted by Gasteiger charge is -2.37. The smallest absolute Gasteiger partial charge is 0.322 e. The van der Waals surface area contributed by atoms with Crippen LogP contribution in [-0.2, 0) is 4.79 Å². The van der Waals surface area contributed by atoms with Gasteiger partial charge >= 0.3 is 6.03 Å². The topological polar surface area (TPSA) is 88.5 Å². The van der Waals surface area contributed by atoms with E-state index in [1.807, 2.05) is 42.5 Å². The van der Waals surface area contributed by atoms with Crippen LogP contribution in [0.5, 0.6) is 0 Å². The molecule has 2 aliphatic heterocycles. The molecule has 3 amide bonds. The number of para-hydroxylation sites is 1. The Morgan fingerprint density at radius 1 is 0.966 bits per heavy atom. The standard InChI is InChI=1S/C22H21N5O2/c23-20(27-14-12-26(13-15-27)18-4-2-1-3-5-18)17-9-6-16(7-10-17)8-11-19-21(28)25-22(29)24-19/h1-7,9-10,19,23H,12-15H2,(H2,24,25,28,29)/t19-/m0/s1. The maximum Gasteiger partial charge on any atom is 0.322 e. The van der Waals surface area contributed by atoms with E-state index in [1.165, 1.54) is 5.69 Å². The Bertz CT molecular complexity index is 983. The number of hydrogen-bond donors (Lipinski definition) is 3. The van der Waals surface area contributed by atoms with Gasteiger partial charge in [0.1, 0.15) is 5.84 Å². The summed E-state index contributed by atoms with van der Waals surface area (Å²) in [6.45, 7) is 3.35. The predicted octanol–water partition coefficient (Wildman–Crippen LogP) is 1.39. The zero-order chi connectivity index (χ0) is 20.2. The molecule has 29 heavy (non-hydrogen) atoms. The fourth-order valence-electron chi connectivity index (χ4n) is 3.39. The Kier molecular flexibility index (Phi) is 5.16. The van der Waals surface area contributed by atoms with E-state index in [0.29, 0.717) is 5.84 Å². The summed E-state index contributed by atoms with van der Waals surface area (Å²) < 4.78 is 0. The highest BCUT2D eigenvalue weighted by Gasteiger charge is 2.27. The molecule has 0 aromatic heterocycles. The summed E-state index contributed by atoms with van der Waals surface area (Å²) in [5.41, 5.74) is 2.77. The van der Waals surface area contributed by atoms with Crippen LogP contribution in [0.15, 0.2) is 54.6 Å². The molecule has 146 valence electrons. The fourth-order valence-corrected chi connectivity index (χ4v) is 3.39. The summed E-state index contributed by atoms with van der Waals surface area (Å²) in [7, 11) is 0. The first kappa shape index (κ1) is 18.6. The number of imide groups is 1. The molecule has 2 saturated heterocycles. The largest absolute Gasteiger partial charge is 0.368 e. The normalized spacial score (nSPS) is 18.6. The van der Waals surface area contributed by atoms with Gasteiger partial charge in [-0.3, -0.25) is 15.5 Å². The average molecular weight is 387 g/mol. The van der Waals surface area contributed by atoms with Crippen molar-refractivity contribution in [3.05, 3.63) is 65.7 Å². The van der Waals surface area contributed by atoms with Crippen molar-refractivity contribution in [3.63, 3.8) is 0 Å². The third-order valence-electron chi connectivity index (χ3n) is 5.01. The number of amides is 3. The van der Waals surface area contributed by atoms with E-state index in [1.54, 1.807) is 0 Å². The number of amidine groups is 1. The number of urea groups is 1. The zero-order valence-electron chi connectivity index (χ0n) is 15.8. The Morgan fingerprint density at radius 2 is 1.66 bits per heavy atom. The van der Waals surface area contributed by atoms with Gasteiger partial charge in [-0.2, -0.15) is 0 Å². The van der Waals surface area contributed by atoms with Gasteiger partial charge in [-0.05, 0) is 24.3 Å². The van der Waals surface area contributed by atoms with Gasteiger partial charge in [0.25, 0.3) is 5.91 Å². The maximum atomic E-state index is 11.5. The highest BCUT2D eigenvalue weighted by molar-refractivity contribution is 6.05. The van der Waals surface area contributed by atoms with Crippen LogP contribution in [0, 0.1) is 17.3 Å². The molecule has 0 unspecified atom stereocenters. The molecular weight excluding hydrogens is 366 g/mol. The molecule has 2 aliphatic rings. The van der Waals surface area contributed by atoms with E-state index in [2.05, 4.69) is 44.4 Å². The fraction of sp³-hybridized carbons (Fsp3) is 0.227. The summed E-state index contributed by atoms with van der Waals surface area (Å²) in [5, 5.41) is 13.1. The molecule has 0 saturated carbocycles. The van der Waals surface area contributed by atoms with Gasteiger partial charge in [0.2, 0.25) is 0 Å². The van der Waals surface area contributed by atoms with Crippen LogP contribution < -0.4 is 15.5 Å². The highest BCUT2D eigenvalue weighted by atomic mass is 16.2. The second-order valence-corrected chi connectivity index (χ2v) is 6.90. The van der Waals surface area contributed by atoms with Crippen molar-refractivity contribution >= 4 is 23.5 Å². The number of benzene rings is 2. The number of hydrogen-bond acceptors (Lipinski definition) is 4. The van der Waals surface area contributed by atoms with E-state index in [0.717, 1.165) is 37.3 Å². The van der Waals surface area contributed by atoms with E-state index in [4.69, 9.17) is 5.41 Å². The molecule has 7 nitrogen and oxygen atoms in total. The third kappa shape index (κ3) is 4.22. The number of carbonyl (C=O) groups is 2. The Hall–Kier alpha value is -3.79. The Labute approximate surface area is 169 Å². The van der Waals surface area contributed by atoms with Crippen LogP contribution in [0.2, 0.25) is 0 Å². The van der Waals surface area contributed by atoms with Crippen molar-refractivity contribution in [2.45, 2.75) is 6.04 Å². The van der Waals surface area contributed by atoms with Crippen LogP contribution in [0.1, 0.15) is 11.1 Å². The van der Waals surface area contributed by atoms with E-state index < -0.39 is 18.0 Å². The van der Waals surface area contributed by atoms with Crippen LogP contribution in [0.25, 0.3) is 0 Å². The summed E-state index contributed by atoms with van der Waals surface area (Å²) in [5.74, 6) is 5.70.